The summed E-state index contributed by atoms with van der Waals surface area (Å²) in [5.74, 6) is 2.28. The Hall–Kier alpha value is -0.0400. The Bertz CT molecular complexity index is 156. The fraction of sp³-hybridized carbons (Fsp3) is 1.00. The maximum Gasteiger partial charge on any atom is 0.0568 e. The average molecular weight is 154 g/mol. The number of fused-ring (bicyclic) bond motifs is 1. The normalized spacial score (nSPS) is 53.5. The SMILES string of the molecule is C[C@H]1C[C@@H]2[C@H](C[C@H]1O)C2(C)C. The summed E-state index contributed by atoms with van der Waals surface area (Å²) < 4.78 is 0. The van der Waals surface area contributed by atoms with Crippen LogP contribution in [0.15, 0.2) is 0 Å². The third-order valence-electron chi connectivity index (χ3n) is 4.07. The summed E-state index contributed by atoms with van der Waals surface area (Å²) in [6.45, 7) is 6.86. The molecule has 4 atom stereocenters. The second-order valence-electron chi connectivity index (χ2n) is 5.05. The van der Waals surface area contributed by atoms with Crippen LogP contribution in [0.3, 0.4) is 0 Å². The Morgan fingerprint density at radius 2 is 1.73 bits per heavy atom. The van der Waals surface area contributed by atoms with Crippen LogP contribution in [0.25, 0.3) is 0 Å². The smallest absolute Gasteiger partial charge is 0.0568 e. The fourth-order valence-corrected chi connectivity index (χ4v) is 2.84. The van der Waals surface area contributed by atoms with Crippen LogP contribution in [0.2, 0.25) is 0 Å². The van der Waals surface area contributed by atoms with Crippen LogP contribution in [0.4, 0.5) is 0 Å². The van der Waals surface area contributed by atoms with Gasteiger partial charge in [-0.15, -0.1) is 0 Å². The molecule has 0 radical (unpaired) electrons. The molecule has 0 aromatic carbocycles. The van der Waals surface area contributed by atoms with Gasteiger partial charge in [-0.2, -0.15) is 0 Å². The van der Waals surface area contributed by atoms with E-state index in [2.05, 4.69) is 20.8 Å². The van der Waals surface area contributed by atoms with Crippen LogP contribution in [-0.2, 0) is 0 Å². The molecule has 0 aromatic rings. The predicted molar refractivity (Wildman–Crippen MR) is 45.2 cm³/mol. The number of aliphatic hydroxyl groups is 1. The van der Waals surface area contributed by atoms with E-state index in [0.29, 0.717) is 11.3 Å². The monoisotopic (exact) mass is 154 g/mol. The molecule has 2 fully saturated rings. The highest BCUT2D eigenvalue weighted by Gasteiger charge is 2.60. The van der Waals surface area contributed by atoms with E-state index in [0.717, 1.165) is 18.3 Å². The molecule has 1 heteroatoms. The summed E-state index contributed by atoms with van der Waals surface area (Å²) in [5, 5.41) is 9.61. The summed E-state index contributed by atoms with van der Waals surface area (Å²) in [7, 11) is 0. The molecule has 1 nitrogen and oxygen atoms in total. The molecule has 2 aliphatic carbocycles. The van der Waals surface area contributed by atoms with Crippen molar-refractivity contribution in [3.05, 3.63) is 0 Å². The van der Waals surface area contributed by atoms with Gasteiger partial charge < -0.3 is 5.11 Å². The van der Waals surface area contributed by atoms with Gasteiger partial charge in [0.2, 0.25) is 0 Å². The molecule has 0 aliphatic heterocycles. The molecule has 0 unspecified atom stereocenters. The van der Waals surface area contributed by atoms with Gasteiger partial charge in [0.25, 0.3) is 0 Å². The standard InChI is InChI=1S/C10H18O/c1-6-4-7-8(5-9(6)11)10(7,2)3/h6-9,11H,4-5H2,1-3H3/t6-,7+,8-,9+/m0/s1. The Morgan fingerprint density at radius 3 is 2.27 bits per heavy atom. The maximum atomic E-state index is 9.61. The Morgan fingerprint density at radius 1 is 1.18 bits per heavy atom. The van der Waals surface area contributed by atoms with E-state index in [1.807, 2.05) is 0 Å². The van der Waals surface area contributed by atoms with Crippen LogP contribution in [0.1, 0.15) is 33.6 Å². The molecule has 2 aliphatic rings. The van der Waals surface area contributed by atoms with Crippen molar-refractivity contribution in [2.24, 2.45) is 23.2 Å². The first-order chi connectivity index (χ1) is 5.03. The Kier molecular flexibility index (Phi) is 1.39. The van der Waals surface area contributed by atoms with Gasteiger partial charge in [0.1, 0.15) is 0 Å². The lowest BCUT2D eigenvalue weighted by atomic mass is 9.88. The van der Waals surface area contributed by atoms with Gasteiger partial charge in [-0.05, 0) is 36.0 Å². The highest BCUT2D eigenvalue weighted by molar-refractivity contribution is 5.08. The molecule has 11 heavy (non-hydrogen) atoms. The van der Waals surface area contributed by atoms with Crippen LogP contribution in [-0.4, -0.2) is 11.2 Å². The lowest BCUT2D eigenvalue weighted by Gasteiger charge is -2.22. The summed E-state index contributed by atoms with van der Waals surface area (Å²) in [5.41, 5.74) is 0.547. The molecular weight excluding hydrogens is 136 g/mol. The molecule has 1 N–H and O–H groups in total. The Labute approximate surface area is 68.8 Å². The van der Waals surface area contributed by atoms with Gasteiger partial charge in [0, 0.05) is 0 Å². The van der Waals surface area contributed by atoms with Crippen molar-refractivity contribution in [1.82, 2.24) is 0 Å². The van der Waals surface area contributed by atoms with Crippen LogP contribution in [0.5, 0.6) is 0 Å². The lowest BCUT2D eigenvalue weighted by Crippen LogP contribution is -2.22. The van der Waals surface area contributed by atoms with E-state index in [9.17, 15) is 5.11 Å². The van der Waals surface area contributed by atoms with Gasteiger partial charge in [-0.25, -0.2) is 0 Å². The molecule has 2 rings (SSSR count). The molecule has 0 heterocycles. The zero-order valence-corrected chi connectivity index (χ0v) is 7.67. The van der Waals surface area contributed by atoms with Crippen molar-refractivity contribution in [2.45, 2.75) is 39.7 Å². The Balaban J connectivity index is 2.07. The molecule has 0 spiro atoms. The summed E-state index contributed by atoms with van der Waals surface area (Å²) >= 11 is 0. The van der Waals surface area contributed by atoms with E-state index < -0.39 is 0 Å². The second kappa shape index (κ2) is 2.01. The molecule has 0 saturated heterocycles. The van der Waals surface area contributed by atoms with Crippen LogP contribution < -0.4 is 0 Å². The molecule has 0 bridgehead atoms. The number of hydrogen-bond acceptors (Lipinski definition) is 1. The largest absolute Gasteiger partial charge is 0.393 e. The zero-order valence-electron chi connectivity index (χ0n) is 7.67. The fourth-order valence-electron chi connectivity index (χ4n) is 2.84. The molecule has 2 saturated carbocycles. The first-order valence-electron chi connectivity index (χ1n) is 4.71. The molecule has 64 valence electrons. The third-order valence-corrected chi connectivity index (χ3v) is 4.07. The minimum Gasteiger partial charge on any atom is -0.393 e. The predicted octanol–water partition coefficient (Wildman–Crippen LogP) is 2.05. The van der Waals surface area contributed by atoms with Crippen molar-refractivity contribution in [1.29, 1.82) is 0 Å². The van der Waals surface area contributed by atoms with Gasteiger partial charge in [-0.3, -0.25) is 0 Å². The summed E-state index contributed by atoms with van der Waals surface area (Å²) in [6, 6.07) is 0. The first kappa shape index (κ1) is 7.60. The average Bonchev–Trinajstić information content (AvgIpc) is 2.39. The zero-order chi connectivity index (χ0) is 8.22. The minimum atomic E-state index is -0.0157. The van der Waals surface area contributed by atoms with Gasteiger partial charge in [-0.1, -0.05) is 20.8 Å². The summed E-state index contributed by atoms with van der Waals surface area (Å²) in [6.07, 6.45) is 2.29. The lowest BCUT2D eigenvalue weighted by molar-refractivity contribution is 0.0745. The number of hydrogen-bond donors (Lipinski definition) is 1. The van der Waals surface area contributed by atoms with Crippen molar-refractivity contribution < 1.29 is 5.11 Å². The van der Waals surface area contributed by atoms with Gasteiger partial charge in [0.15, 0.2) is 0 Å². The third kappa shape index (κ3) is 0.936. The van der Waals surface area contributed by atoms with Gasteiger partial charge >= 0.3 is 0 Å². The van der Waals surface area contributed by atoms with E-state index in [4.69, 9.17) is 0 Å². The first-order valence-corrected chi connectivity index (χ1v) is 4.71. The van der Waals surface area contributed by atoms with Crippen molar-refractivity contribution in [3.63, 3.8) is 0 Å². The van der Waals surface area contributed by atoms with Crippen molar-refractivity contribution in [3.8, 4) is 0 Å². The van der Waals surface area contributed by atoms with Crippen LogP contribution in [0, 0.1) is 23.2 Å². The van der Waals surface area contributed by atoms with E-state index >= 15 is 0 Å². The highest BCUT2D eigenvalue weighted by atomic mass is 16.3. The van der Waals surface area contributed by atoms with E-state index in [-0.39, 0.29) is 6.10 Å². The van der Waals surface area contributed by atoms with Crippen LogP contribution >= 0.6 is 0 Å². The highest BCUT2D eigenvalue weighted by Crippen LogP contribution is 2.65. The summed E-state index contributed by atoms with van der Waals surface area (Å²) in [4.78, 5) is 0. The molecular formula is C10H18O. The molecule has 0 amide bonds. The van der Waals surface area contributed by atoms with E-state index in [1.54, 1.807) is 0 Å². The minimum absolute atomic E-state index is 0.0157. The quantitative estimate of drug-likeness (QED) is 0.566. The van der Waals surface area contributed by atoms with E-state index in [1.165, 1.54) is 6.42 Å². The van der Waals surface area contributed by atoms with Crippen molar-refractivity contribution >= 4 is 0 Å². The second-order valence-corrected chi connectivity index (χ2v) is 5.05. The number of aliphatic hydroxyl groups excluding tert-OH is 1. The maximum absolute atomic E-state index is 9.61. The molecule has 0 aromatic heterocycles. The van der Waals surface area contributed by atoms with Crippen molar-refractivity contribution in [2.75, 3.05) is 0 Å². The topological polar surface area (TPSA) is 20.2 Å². The van der Waals surface area contributed by atoms with Gasteiger partial charge in [0.05, 0.1) is 6.10 Å². The number of rotatable bonds is 0.